The second-order valence-corrected chi connectivity index (χ2v) is 6.94. The van der Waals surface area contributed by atoms with Gasteiger partial charge in [-0.25, -0.2) is 8.42 Å². The monoisotopic (exact) mass is 342 g/mol. The fraction of sp³-hybridized carbons (Fsp3) is 0.357. The summed E-state index contributed by atoms with van der Waals surface area (Å²) in [5.41, 5.74) is 2.00. The van der Waals surface area contributed by atoms with Crippen LogP contribution in [0.1, 0.15) is 0 Å². The second-order valence-electron chi connectivity index (χ2n) is 4.47. The lowest BCUT2D eigenvalue weighted by molar-refractivity contribution is 0.0785. The number of nitrogens with zero attached hydrogens (tertiary/aromatic N) is 1. The zero-order chi connectivity index (χ0) is 15.8. The SMILES string of the molecule is COCCOCCS(=O)(=O)Nc1csnc1-c1ccccc1. The smallest absolute Gasteiger partial charge is 0.235 e. The van der Waals surface area contributed by atoms with Gasteiger partial charge < -0.3 is 9.47 Å². The average molecular weight is 342 g/mol. The Morgan fingerprint density at radius 2 is 1.95 bits per heavy atom. The molecule has 1 aromatic carbocycles. The Bertz CT molecular complexity index is 671. The van der Waals surface area contributed by atoms with E-state index in [4.69, 9.17) is 9.47 Å². The molecule has 0 aliphatic heterocycles. The van der Waals surface area contributed by atoms with Crippen molar-refractivity contribution in [1.29, 1.82) is 0 Å². The molecule has 2 rings (SSSR count). The molecule has 0 amide bonds. The largest absolute Gasteiger partial charge is 0.382 e. The number of methoxy groups -OCH3 is 1. The van der Waals surface area contributed by atoms with Gasteiger partial charge in [0.1, 0.15) is 5.69 Å². The highest BCUT2D eigenvalue weighted by molar-refractivity contribution is 7.92. The minimum absolute atomic E-state index is 0.110. The molecule has 2 aromatic rings. The van der Waals surface area contributed by atoms with E-state index < -0.39 is 10.0 Å². The number of nitrogens with one attached hydrogen (secondary N) is 1. The van der Waals surface area contributed by atoms with E-state index in [9.17, 15) is 8.42 Å². The molecule has 0 fully saturated rings. The van der Waals surface area contributed by atoms with Gasteiger partial charge in [-0.15, -0.1) is 0 Å². The molecule has 0 radical (unpaired) electrons. The van der Waals surface area contributed by atoms with Gasteiger partial charge in [0.2, 0.25) is 10.0 Å². The van der Waals surface area contributed by atoms with Gasteiger partial charge in [0, 0.05) is 18.1 Å². The maximum atomic E-state index is 12.1. The second kappa shape index (κ2) is 8.23. The maximum Gasteiger partial charge on any atom is 0.235 e. The lowest BCUT2D eigenvalue weighted by Gasteiger charge is -2.08. The van der Waals surface area contributed by atoms with Crippen LogP contribution in [0.4, 0.5) is 5.69 Å². The van der Waals surface area contributed by atoms with Crippen molar-refractivity contribution in [3.8, 4) is 11.3 Å². The van der Waals surface area contributed by atoms with Crippen LogP contribution in [0, 0.1) is 0 Å². The van der Waals surface area contributed by atoms with Crippen LogP contribution in [0.15, 0.2) is 35.7 Å². The van der Waals surface area contributed by atoms with Gasteiger partial charge in [-0.05, 0) is 11.5 Å². The molecular formula is C14H18N2O4S2. The molecule has 22 heavy (non-hydrogen) atoms. The molecule has 0 saturated carbocycles. The van der Waals surface area contributed by atoms with Gasteiger partial charge in [0.25, 0.3) is 0 Å². The molecule has 0 aliphatic rings. The van der Waals surface area contributed by atoms with Gasteiger partial charge in [0.15, 0.2) is 0 Å². The molecule has 0 spiro atoms. The van der Waals surface area contributed by atoms with E-state index in [0.717, 1.165) is 5.56 Å². The third-order valence-electron chi connectivity index (χ3n) is 2.81. The number of benzene rings is 1. The summed E-state index contributed by atoms with van der Waals surface area (Å²) >= 11 is 1.21. The number of aromatic nitrogens is 1. The lowest BCUT2D eigenvalue weighted by atomic mass is 10.1. The Labute approximate surface area is 134 Å². The molecule has 120 valence electrons. The van der Waals surface area contributed by atoms with Gasteiger partial charge >= 0.3 is 0 Å². The minimum Gasteiger partial charge on any atom is -0.382 e. The first-order valence-electron chi connectivity index (χ1n) is 6.69. The van der Waals surface area contributed by atoms with E-state index >= 15 is 0 Å². The summed E-state index contributed by atoms with van der Waals surface area (Å²) in [7, 11) is -1.91. The highest BCUT2D eigenvalue weighted by atomic mass is 32.2. The number of sulfonamides is 1. The number of hydrogen-bond acceptors (Lipinski definition) is 6. The zero-order valence-corrected chi connectivity index (χ0v) is 13.8. The summed E-state index contributed by atoms with van der Waals surface area (Å²) in [6.45, 7) is 0.943. The molecule has 0 atom stereocenters. The van der Waals surface area contributed by atoms with Crippen LogP contribution < -0.4 is 4.72 Å². The number of hydrogen-bond donors (Lipinski definition) is 1. The van der Waals surface area contributed by atoms with Gasteiger partial charge in [-0.3, -0.25) is 4.72 Å². The molecule has 0 aliphatic carbocycles. The van der Waals surface area contributed by atoms with Crippen molar-refractivity contribution in [1.82, 2.24) is 4.37 Å². The first kappa shape index (κ1) is 16.9. The van der Waals surface area contributed by atoms with Crippen molar-refractivity contribution >= 4 is 27.2 Å². The van der Waals surface area contributed by atoms with E-state index in [1.807, 2.05) is 30.3 Å². The van der Waals surface area contributed by atoms with Gasteiger partial charge in [-0.1, -0.05) is 30.3 Å². The topological polar surface area (TPSA) is 77.5 Å². The molecule has 0 unspecified atom stereocenters. The first-order valence-corrected chi connectivity index (χ1v) is 9.18. The average Bonchev–Trinajstić information content (AvgIpc) is 2.95. The molecule has 8 heteroatoms. The van der Waals surface area contributed by atoms with E-state index in [0.29, 0.717) is 24.6 Å². The van der Waals surface area contributed by atoms with Crippen molar-refractivity contribution in [2.24, 2.45) is 0 Å². The van der Waals surface area contributed by atoms with Crippen molar-refractivity contribution in [2.75, 3.05) is 37.4 Å². The first-order chi connectivity index (χ1) is 10.6. The van der Waals surface area contributed by atoms with Crippen LogP contribution in [0.2, 0.25) is 0 Å². The third-order valence-corrected chi connectivity index (χ3v) is 4.67. The van der Waals surface area contributed by atoms with Crippen LogP contribution >= 0.6 is 11.5 Å². The van der Waals surface area contributed by atoms with E-state index in [-0.39, 0.29) is 12.4 Å². The van der Waals surface area contributed by atoms with Crippen molar-refractivity contribution in [3.63, 3.8) is 0 Å². The van der Waals surface area contributed by atoms with Crippen molar-refractivity contribution < 1.29 is 17.9 Å². The number of rotatable bonds is 9. The molecule has 1 heterocycles. The quantitative estimate of drug-likeness (QED) is 0.707. The Morgan fingerprint density at radius 1 is 1.18 bits per heavy atom. The molecular weight excluding hydrogens is 324 g/mol. The van der Waals surface area contributed by atoms with Crippen LogP contribution in [-0.4, -0.2) is 45.5 Å². The van der Waals surface area contributed by atoms with E-state index in [2.05, 4.69) is 9.10 Å². The summed E-state index contributed by atoms with van der Waals surface area (Å²) in [5, 5.41) is 1.69. The molecule has 0 bridgehead atoms. The van der Waals surface area contributed by atoms with Crippen molar-refractivity contribution in [2.45, 2.75) is 0 Å². The lowest BCUT2D eigenvalue weighted by Crippen LogP contribution is -2.21. The fourth-order valence-electron chi connectivity index (χ4n) is 1.74. The van der Waals surface area contributed by atoms with E-state index in [1.54, 1.807) is 12.5 Å². The Hall–Kier alpha value is -1.48. The van der Waals surface area contributed by atoms with Crippen LogP contribution in [0.25, 0.3) is 11.3 Å². The van der Waals surface area contributed by atoms with Gasteiger partial charge in [-0.2, -0.15) is 4.37 Å². The molecule has 1 N–H and O–H groups in total. The predicted octanol–water partition coefficient (Wildman–Crippen LogP) is 2.21. The van der Waals surface area contributed by atoms with Crippen LogP contribution in [0.3, 0.4) is 0 Å². The Morgan fingerprint density at radius 3 is 2.68 bits per heavy atom. The normalized spacial score (nSPS) is 11.5. The molecule has 0 saturated heterocycles. The highest BCUT2D eigenvalue weighted by Gasteiger charge is 2.15. The Balaban J connectivity index is 1.97. The number of ether oxygens (including phenoxy) is 2. The van der Waals surface area contributed by atoms with Crippen molar-refractivity contribution in [3.05, 3.63) is 35.7 Å². The summed E-state index contributed by atoms with van der Waals surface area (Å²) in [5.74, 6) is -0.110. The van der Waals surface area contributed by atoms with Crippen LogP contribution in [-0.2, 0) is 19.5 Å². The van der Waals surface area contributed by atoms with Crippen LogP contribution in [0.5, 0.6) is 0 Å². The minimum atomic E-state index is -3.47. The summed E-state index contributed by atoms with van der Waals surface area (Å²) in [6.07, 6.45) is 0. The summed E-state index contributed by atoms with van der Waals surface area (Å²) < 4.78 is 41.0. The Kier molecular flexibility index (Phi) is 6.32. The maximum absolute atomic E-state index is 12.1. The predicted molar refractivity (Wildman–Crippen MR) is 87.7 cm³/mol. The highest BCUT2D eigenvalue weighted by Crippen LogP contribution is 2.28. The molecule has 6 nitrogen and oxygen atoms in total. The zero-order valence-electron chi connectivity index (χ0n) is 12.2. The third kappa shape index (κ3) is 5.06. The number of anilines is 1. The fourth-order valence-corrected chi connectivity index (χ4v) is 3.39. The molecule has 1 aromatic heterocycles. The standard InChI is InChI=1S/C14H18N2O4S2/c1-19-7-8-20-9-10-22(17,18)16-13-11-21-15-14(13)12-5-3-2-4-6-12/h2-6,11,16H,7-10H2,1H3. The van der Waals surface area contributed by atoms with Gasteiger partial charge in [0.05, 0.1) is 31.3 Å². The summed E-state index contributed by atoms with van der Waals surface area (Å²) in [6, 6.07) is 9.45. The summed E-state index contributed by atoms with van der Waals surface area (Å²) in [4.78, 5) is 0. The van der Waals surface area contributed by atoms with E-state index in [1.165, 1.54) is 11.5 Å².